The number of nitrogens with zero attached hydrogens (tertiary/aromatic N) is 1. The smallest absolute Gasteiger partial charge is 0.409 e. The van der Waals surface area contributed by atoms with Gasteiger partial charge in [-0.3, -0.25) is 0 Å². The molecule has 0 aromatic heterocycles. The van der Waals surface area contributed by atoms with E-state index in [1.807, 2.05) is 0 Å². The number of hydrogen-bond acceptors (Lipinski definition) is 2. The number of piperidine rings is 1. The van der Waals surface area contributed by atoms with Crippen LogP contribution in [-0.4, -0.2) is 24.1 Å². The van der Waals surface area contributed by atoms with E-state index in [0.717, 1.165) is 12.8 Å². The maximum atomic E-state index is 12.0. The molecule has 2 rings (SSSR count). The van der Waals surface area contributed by atoms with Gasteiger partial charge in [0.05, 0.1) is 15.1 Å². The van der Waals surface area contributed by atoms with Crippen molar-refractivity contribution in [2.75, 3.05) is 13.1 Å². The number of hydrogen-bond donors (Lipinski definition) is 0. The normalized spacial score (nSPS) is 16.5. The zero-order valence-electron chi connectivity index (χ0n) is 10.5. The first-order valence-electron chi connectivity index (χ1n) is 6.08. The standard InChI is InChI=1S/C13H14Cl3NO2/c1-8-2-4-17(5-3-8)13(18)19-12-7-10(15)9(14)6-11(12)16/h6-8H,2-5H2,1H3. The van der Waals surface area contributed by atoms with Gasteiger partial charge in [-0.2, -0.15) is 0 Å². The lowest BCUT2D eigenvalue weighted by molar-refractivity contribution is 0.133. The number of halogens is 3. The largest absolute Gasteiger partial charge is 0.415 e. The van der Waals surface area contributed by atoms with Crippen LogP contribution in [0.2, 0.25) is 15.1 Å². The van der Waals surface area contributed by atoms with E-state index in [1.54, 1.807) is 4.90 Å². The van der Waals surface area contributed by atoms with Gasteiger partial charge >= 0.3 is 6.09 Å². The van der Waals surface area contributed by atoms with Crippen molar-refractivity contribution in [3.63, 3.8) is 0 Å². The molecule has 0 radical (unpaired) electrons. The highest BCUT2D eigenvalue weighted by Gasteiger charge is 2.22. The minimum atomic E-state index is -0.396. The topological polar surface area (TPSA) is 29.5 Å². The van der Waals surface area contributed by atoms with Gasteiger partial charge in [0, 0.05) is 19.2 Å². The van der Waals surface area contributed by atoms with Crippen molar-refractivity contribution in [1.29, 1.82) is 0 Å². The lowest BCUT2D eigenvalue weighted by Crippen LogP contribution is -2.39. The Balaban J connectivity index is 2.05. The Morgan fingerprint density at radius 2 is 1.74 bits per heavy atom. The molecule has 3 nitrogen and oxygen atoms in total. The Bertz CT molecular complexity index is 485. The number of amides is 1. The van der Waals surface area contributed by atoms with Crippen LogP contribution >= 0.6 is 34.8 Å². The molecule has 0 aliphatic carbocycles. The first-order valence-corrected chi connectivity index (χ1v) is 7.22. The van der Waals surface area contributed by atoms with Crippen LogP contribution in [0.1, 0.15) is 19.8 Å². The summed E-state index contributed by atoms with van der Waals surface area (Å²) in [5.74, 6) is 0.886. The lowest BCUT2D eigenvalue weighted by atomic mass is 10.00. The Morgan fingerprint density at radius 3 is 2.37 bits per heavy atom. The third-order valence-electron chi connectivity index (χ3n) is 3.21. The van der Waals surface area contributed by atoms with Crippen molar-refractivity contribution < 1.29 is 9.53 Å². The van der Waals surface area contributed by atoms with E-state index < -0.39 is 6.09 Å². The molecule has 0 N–H and O–H groups in total. The van der Waals surface area contributed by atoms with Gasteiger partial charge in [-0.15, -0.1) is 0 Å². The number of benzene rings is 1. The summed E-state index contributed by atoms with van der Waals surface area (Å²) in [5, 5.41) is 0.910. The van der Waals surface area contributed by atoms with E-state index in [0.29, 0.717) is 29.1 Å². The van der Waals surface area contributed by atoms with Crippen LogP contribution in [0.3, 0.4) is 0 Å². The fraction of sp³-hybridized carbons (Fsp3) is 0.462. The molecule has 19 heavy (non-hydrogen) atoms. The van der Waals surface area contributed by atoms with Crippen LogP contribution in [0.25, 0.3) is 0 Å². The van der Waals surface area contributed by atoms with Crippen molar-refractivity contribution in [3.05, 3.63) is 27.2 Å². The van der Waals surface area contributed by atoms with E-state index in [4.69, 9.17) is 39.5 Å². The van der Waals surface area contributed by atoms with Gasteiger partial charge in [0.15, 0.2) is 5.75 Å². The summed E-state index contributed by atoms with van der Waals surface area (Å²) in [5.41, 5.74) is 0. The monoisotopic (exact) mass is 321 g/mol. The highest BCUT2D eigenvalue weighted by atomic mass is 35.5. The van der Waals surface area contributed by atoms with E-state index >= 15 is 0 Å². The summed E-state index contributed by atoms with van der Waals surface area (Å²) in [6.45, 7) is 3.59. The number of carbonyl (C=O) groups excluding carboxylic acids is 1. The van der Waals surface area contributed by atoms with Gasteiger partial charge in [0.25, 0.3) is 0 Å². The molecule has 1 amide bonds. The highest BCUT2D eigenvalue weighted by molar-refractivity contribution is 6.43. The maximum Gasteiger partial charge on any atom is 0.415 e. The molecule has 6 heteroatoms. The second-order valence-corrected chi connectivity index (χ2v) is 5.96. The van der Waals surface area contributed by atoms with Crippen LogP contribution in [0, 0.1) is 5.92 Å². The molecule has 1 aromatic rings. The molecule has 1 heterocycles. The quantitative estimate of drug-likeness (QED) is 0.690. The van der Waals surface area contributed by atoms with Crippen LogP contribution < -0.4 is 4.74 Å². The molecular weight excluding hydrogens is 309 g/mol. The molecule has 0 bridgehead atoms. The molecule has 1 saturated heterocycles. The van der Waals surface area contributed by atoms with Crippen LogP contribution in [0.5, 0.6) is 5.75 Å². The Labute approximate surface area is 127 Å². The molecule has 1 aliphatic rings. The summed E-state index contributed by atoms with van der Waals surface area (Å²) in [6.07, 6.45) is 1.58. The van der Waals surface area contributed by atoms with Gasteiger partial charge in [-0.1, -0.05) is 41.7 Å². The van der Waals surface area contributed by atoms with E-state index in [2.05, 4.69) is 6.92 Å². The summed E-state index contributed by atoms with van der Waals surface area (Å²) in [6, 6.07) is 2.92. The fourth-order valence-corrected chi connectivity index (χ4v) is 2.51. The molecule has 0 spiro atoms. The number of likely N-dealkylation sites (tertiary alicyclic amines) is 1. The summed E-state index contributed by atoms with van der Waals surface area (Å²) >= 11 is 17.7. The lowest BCUT2D eigenvalue weighted by Gasteiger charge is -2.29. The molecule has 1 aliphatic heterocycles. The first kappa shape index (κ1) is 14.8. The SMILES string of the molecule is CC1CCN(C(=O)Oc2cc(Cl)c(Cl)cc2Cl)CC1. The van der Waals surface area contributed by atoms with E-state index in [-0.39, 0.29) is 10.8 Å². The van der Waals surface area contributed by atoms with Gasteiger partial charge in [-0.25, -0.2) is 4.79 Å². The number of carbonyl (C=O) groups is 1. The Kier molecular flexibility index (Phi) is 4.82. The minimum absolute atomic E-state index is 0.236. The van der Waals surface area contributed by atoms with Crippen molar-refractivity contribution in [1.82, 2.24) is 4.90 Å². The second-order valence-electron chi connectivity index (χ2n) is 4.73. The average molecular weight is 323 g/mol. The van der Waals surface area contributed by atoms with Gasteiger partial charge in [-0.05, 0) is 24.8 Å². The van der Waals surface area contributed by atoms with Crippen molar-refractivity contribution >= 4 is 40.9 Å². The van der Waals surface area contributed by atoms with Crippen molar-refractivity contribution in [2.45, 2.75) is 19.8 Å². The zero-order valence-corrected chi connectivity index (χ0v) is 12.7. The van der Waals surface area contributed by atoms with Crippen LogP contribution in [0.15, 0.2) is 12.1 Å². The summed E-state index contributed by atoms with van der Waals surface area (Å²) < 4.78 is 5.27. The fourth-order valence-electron chi connectivity index (χ4n) is 1.93. The molecule has 1 fully saturated rings. The predicted octanol–water partition coefficient (Wildman–Crippen LogP) is 4.88. The van der Waals surface area contributed by atoms with Gasteiger partial charge in [0.1, 0.15) is 0 Å². The number of rotatable bonds is 1. The van der Waals surface area contributed by atoms with Crippen molar-refractivity contribution in [2.24, 2.45) is 5.92 Å². The van der Waals surface area contributed by atoms with Crippen LogP contribution in [-0.2, 0) is 0 Å². The van der Waals surface area contributed by atoms with E-state index in [9.17, 15) is 4.79 Å². The Hall–Kier alpha value is -0.640. The molecule has 0 atom stereocenters. The zero-order chi connectivity index (χ0) is 14.0. The van der Waals surface area contributed by atoms with Gasteiger partial charge < -0.3 is 9.64 Å². The van der Waals surface area contributed by atoms with Gasteiger partial charge in [0.2, 0.25) is 0 Å². The third kappa shape index (κ3) is 3.68. The maximum absolute atomic E-state index is 12.0. The highest BCUT2D eigenvalue weighted by Crippen LogP contribution is 2.34. The summed E-state index contributed by atoms with van der Waals surface area (Å²) in [7, 11) is 0. The minimum Gasteiger partial charge on any atom is -0.409 e. The number of ether oxygens (including phenoxy) is 1. The molecule has 0 saturated carbocycles. The predicted molar refractivity (Wildman–Crippen MR) is 77.5 cm³/mol. The Morgan fingerprint density at radius 1 is 1.16 bits per heavy atom. The van der Waals surface area contributed by atoms with Crippen molar-refractivity contribution in [3.8, 4) is 5.75 Å². The molecule has 1 aromatic carbocycles. The molecule has 104 valence electrons. The molecular formula is C13H14Cl3NO2. The third-order valence-corrected chi connectivity index (χ3v) is 4.23. The van der Waals surface area contributed by atoms with Crippen LogP contribution in [0.4, 0.5) is 4.79 Å². The van der Waals surface area contributed by atoms with E-state index in [1.165, 1.54) is 12.1 Å². The summed E-state index contributed by atoms with van der Waals surface area (Å²) in [4.78, 5) is 13.7. The second kappa shape index (κ2) is 6.21. The molecule has 0 unspecified atom stereocenters. The average Bonchev–Trinajstić information content (AvgIpc) is 2.36. The first-order chi connectivity index (χ1) is 8.97.